The van der Waals surface area contributed by atoms with E-state index in [1.807, 2.05) is 66.1 Å². The molecule has 7 aromatic rings. The molecule has 0 fully saturated rings. The third kappa shape index (κ3) is 17.3. The van der Waals surface area contributed by atoms with Gasteiger partial charge >= 0.3 is 35.3 Å². The molecule has 0 bridgehead atoms. The van der Waals surface area contributed by atoms with Crippen LogP contribution in [0.2, 0.25) is 0 Å². The number of carbonyl (C=O) groups excluding carboxylic acids is 2. The zero-order chi connectivity index (χ0) is 49.8. The molecule has 0 spiro atoms. The number of hydroxylamine groups is 1. The first-order chi connectivity index (χ1) is 33.9. The molecule has 29 heteroatoms. The normalized spacial score (nSPS) is 11.3. The summed E-state index contributed by atoms with van der Waals surface area (Å²) in [5, 5.41) is 39.4. The summed E-state index contributed by atoms with van der Waals surface area (Å²) in [5.74, 6) is -1.76. The summed E-state index contributed by atoms with van der Waals surface area (Å²) >= 11 is 6.17. The summed E-state index contributed by atoms with van der Waals surface area (Å²) < 4.78 is 42.9. The van der Waals surface area contributed by atoms with Crippen LogP contribution in [0.15, 0.2) is 140 Å². The van der Waals surface area contributed by atoms with E-state index in [0.717, 1.165) is 15.7 Å². The summed E-state index contributed by atoms with van der Waals surface area (Å²) in [4.78, 5) is 48.7. The largest absolute Gasteiger partial charge is 1.00 e. The number of amidine groups is 1. The number of aliphatic imine (C=N–C) groups is 3. The van der Waals surface area contributed by atoms with E-state index in [4.69, 9.17) is 25.2 Å². The molecule has 0 aliphatic carbocycles. The Balaban J connectivity index is 0.000000305. The molecule has 3 aromatic heterocycles. The Labute approximate surface area is 445 Å². The third-order valence-corrected chi connectivity index (χ3v) is 10.4. The fourth-order valence-electron chi connectivity index (χ4n) is 5.96. The van der Waals surface area contributed by atoms with Crippen LogP contribution in [-0.4, -0.2) is 96.8 Å². The molecule has 0 aliphatic rings. The van der Waals surface area contributed by atoms with Gasteiger partial charge in [0, 0.05) is 26.2 Å². The van der Waals surface area contributed by atoms with E-state index < -0.39 is 17.4 Å². The van der Waals surface area contributed by atoms with Crippen molar-refractivity contribution in [1.82, 2.24) is 46.5 Å². The smallest absolute Gasteiger partial charge is 0.870 e. The Morgan fingerprint density at radius 1 is 0.708 bits per heavy atom. The van der Waals surface area contributed by atoms with Gasteiger partial charge in [-0.25, -0.2) is 32.4 Å². The number of amides is 2. The van der Waals surface area contributed by atoms with Crippen molar-refractivity contribution >= 4 is 78.8 Å². The van der Waals surface area contributed by atoms with E-state index in [1.54, 1.807) is 0 Å². The molecule has 72 heavy (non-hydrogen) atoms. The van der Waals surface area contributed by atoms with E-state index in [2.05, 4.69) is 93.9 Å². The van der Waals surface area contributed by atoms with Crippen LogP contribution in [-0.2, 0) is 22.4 Å². The number of benzene rings is 4. The number of nitrogens with one attached hydrogen (secondary N) is 5. The predicted octanol–water partition coefficient (Wildman–Crippen LogP) is 1.58. The molecule has 372 valence electrons. The van der Waals surface area contributed by atoms with Gasteiger partial charge in [0.15, 0.2) is 29.1 Å². The number of nitrogens with two attached hydrogens (primary N) is 2. The molecule has 2 amide bonds. The Hall–Kier alpha value is -7.21. The van der Waals surface area contributed by atoms with Crippen molar-refractivity contribution in [2.75, 3.05) is 36.8 Å². The quantitative estimate of drug-likeness (QED) is 0.0199. The minimum absolute atomic E-state index is 0. The van der Waals surface area contributed by atoms with Gasteiger partial charge in [-0.15, -0.1) is 0 Å². The minimum atomic E-state index is -0.795. The number of aromatic nitrogens is 6. The average Bonchev–Trinajstić information content (AvgIpc) is 4.11. The summed E-state index contributed by atoms with van der Waals surface area (Å²) in [6.07, 6.45) is 1.48. The number of halogens is 4. The van der Waals surface area contributed by atoms with Crippen molar-refractivity contribution in [1.29, 1.82) is 0 Å². The van der Waals surface area contributed by atoms with E-state index in [9.17, 15) is 28.4 Å². The van der Waals surface area contributed by atoms with Gasteiger partial charge in [0.2, 0.25) is 29.3 Å². The number of hydrogen-bond acceptors (Lipinski definition) is 18. The number of hydrogen-bond donors (Lipinski definition) is 8. The fourth-order valence-corrected chi connectivity index (χ4v) is 6.70. The molecule has 0 saturated heterocycles. The number of anilines is 2. The van der Waals surface area contributed by atoms with Crippen LogP contribution in [0.5, 0.6) is 0 Å². The molecule has 0 radical (unpaired) electrons. The van der Waals surface area contributed by atoms with Gasteiger partial charge in [-0.2, -0.15) is 0 Å². The topological polar surface area (TPSA) is 360 Å². The van der Waals surface area contributed by atoms with Gasteiger partial charge in [-0.05, 0) is 113 Å². The monoisotopic (exact) mass is 1130 g/mol. The van der Waals surface area contributed by atoms with E-state index in [0.29, 0.717) is 50.4 Å². The van der Waals surface area contributed by atoms with Crippen molar-refractivity contribution in [2.24, 2.45) is 26.4 Å². The maximum absolute atomic E-state index is 13.6. The van der Waals surface area contributed by atoms with Crippen molar-refractivity contribution in [3.63, 3.8) is 0 Å². The second-order valence-electron chi connectivity index (χ2n) is 14.3. The average molecular weight is 1130 g/mol. The fraction of sp³-hybridized carbons (Fsp3) is 0.186. The molecule has 0 unspecified atom stereocenters. The molecular formula is C43H43Br2F2N16NaO8. The molecule has 3 heterocycles. The van der Waals surface area contributed by atoms with Crippen LogP contribution in [0.25, 0.3) is 17.2 Å². The van der Waals surface area contributed by atoms with E-state index >= 15 is 0 Å². The van der Waals surface area contributed by atoms with E-state index in [-0.39, 0.29) is 115 Å². The maximum Gasteiger partial charge on any atom is 1.00 e. The molecule has 4 aromatic carbocycles. The van der Waals surface area contributed by atoms with Gasteiger partial charge in [-0.3, -0.25) is 45.4 Å². The molecule has 24 nitrogen and oxygen atoms in total. The van der Waals surface area contributed by atoms with Gasteiger partial charge in [0.05, 0.1) is 33.2 Å². The number of nitrogens with zero attached hydrogens (tertiary/aromatic N) is 9. The van der Waals surface area contributed by atoms with Crippen LogP contribution in [0.3, 0.4) is 0 Å². The van der Waals surface area contributed by atoms with Crippen molar-refractivity contribution in [2.45, 2.75) is 25.7 Å². The maximum atomic E-state index is 13.6. The van der Waals surface area contributed by atoms with Crippen LogP contribution < -0.4 is 73.5 Å². The standard InChI is InChI=1S/C22H20BrFN8O4.C21H22BrFN8O3.Na.H2O/c23-15-12-14(7-8-16(15)24)32-20(31-35-22(32)34)18-19(30-36-29-18)26-9-4-10-27-21(25)28-17(33)11-13-5-2-1-3-6-13;22-15-12-14(7-8-16(15)23)27-20(29-33)18-19(31-34-30-18)25-9-4-10-26-21(24)28-17(32)11-13-5-2-1-3-6-13;;/h1-3,5-8,12H,4,9-11H2,(H,26,30)(H3,25,27,28,33);1-3,5-8,12,33H,4,9-11H2,(H,25,31)(H,27,29)(H3,24,26,28,32);;1H2/q;;+1;/p-1. The van der Waals surface area contributed by atoms with Crippen molar-refractivity contribution < 1.29 is 72.4 Å². The Morgan fingerprint density at radius 2 is 1.24 bits per heavy atom. The third-order valence-electron chi connectivity index (χ3n) is 9.20. The van der Waals surface area contributed by atoms with E-state index in [1.165, 1.54) is 36.4 Å². The summed E-state index contributed by atoms with van der Waals surface area (Å²) in [6.45, 7) is 1.47. The van der Waals surface area contributed by atoms with Crippen LogP contribution >= 0.6 is 31.9 Å². The SMILES string of the molecule is NC(=NCCCNc1nonc1-c1noc(=O)n1-c1ccc(F)c(Br)c1)NC(=O)Cc1ccccc1.NC(=NCCCNc1nonc1C(=Nc1ccc(F)c(Br)c1)NO)NC(=O)Cc1ccccc1.[Na+].[OH-]. The molecule has 7 rings (SSSR count). The number of guanidine groups is 2. The molecule has 0 atom stereocenters. The summed E-state index contributed by atoms with van der Waals surface area (Å²) in [7, 11) is 0. The number of rotatable bonds is 18. The Morgan fingerprint density at radius 3 is 1.79 bits per heavy atom. The van der Waals surface area contributed by atoms with Crippen molar-refractivity contribution in [3.8, 4) is 17.2 Å². The van der Waals surface area contributed by atoms with Crippen LogP contribution in [0.4, 0.5) is 26.1 Å². The zero-order valence-corrected chi connectivity index (χ0v) is 43.1. The predicted molar refractivity (Wildman–Crippen MR) is 260 cm³/mol. The molecule has 0 aliphatic heterocycles. The first-order valence-electron chi connectivity index (χ1n) is 20.8. The minimum Gasteiger partial charge on any atom is -0.870 e. The van der Waals surface area contributed by atoms with Gasteiger partial charge in [0.25, 0.3) is 0 Å². The molecule has 0 saturated carbocycles. The Bertz CT molecular complexity index is 3010. The number of carbonyl (C=O) groups is 2. The summed E-state index contributed by atoms with van der Waals surface area (Å²) in [6, 6.07) is 26.7. The van der Waals surface area contributed by atoms with Crippen LogP contribution in [0, 0.1) is 11.6 Å². The first-order valence-corrected chi connectivity index (χ1v) is 22.4. The van der Waals surface area contributed by atoms with Gasteiger partial charge in [-0.1, -0.05) is 65.8 Å². The van der Waals surface area contributed by atoms with Crippen molar-refractivity contribution in [3.05, 3.63) is 145 Å². The van der Waals surface area contributed by atoms with Gasteiger partial charge < -0.3 is 27.6 Å². The first kappa shape index (κ1) is 57.4. The second-order valence-corrected chi connectivity index (χ2v) is 16.0. The van der Waals surface area contributed by atoms with Crippen LogP contribution in [0.1, 0.15) is 29.7 Å². The molecule has 11 N–H and O–H groups in total. The zero-order valence-electron chi connectivity index (χ0n) is 37.9. The van der Waals surface area contributed by atoms with Gasteiger partial charge in [0.1, 0.15) is 11.6 Å². The summed E-state index contributed by atoms with van der Waals surface area (Å²) in [5.41, 5.74) is 16.1. The Kier molecular flexibility index (Phi) is 23.3. The second kappa shape index (κ2) is 29.2. The molecular weight excluding hydrogens is 1090 g/mol.